The highest BCUT2D eigenvalue weighted by molar-refractivity contribution is 8.18. The maximum atomic E-state index is 12.6. The summed E-state index contributed by atoms with van der Waals surface area (Å²) in [6.07, 6.45) is 1.60. The van der Waals surface area contributed by atoms with E-state index in [2.05, 4.69) is 0 Å². The summed E-state index contributed by atoms with van der Waals surface area (Å²) in [6.45, 7) is 3.58. The number of hydrogen-bond acceptors (Lipinski definition) is 6. The average molecular weight is 480 g/mol. The molecule has 2 aromatic rings. The SMILES string of the molecule is CCOC(=O)[C@H](C)N1C(=O)S/C(=C/c2ccc(OCc3ccc(Cl)cc3Cl)cc2)C1=O. The number of imide groups is 1. The van der Waals surface area contributed by atoms with Crippen LogP contribution >= 0.6 is 35.0 Å². The van der Waals surface area contributed by atoms with E-state index in [9.17, 15) is 14.4 Å². The highest BCUT2D eigenvalue weighted by Gasteiger charge is 2.41. The Morgan fingerprint density at radius 1 is 1.16 bits per heavy atom. The van der Waals surface area contributed by atoms with Gasteiger partial charge in [0.2, 0.25) is 0 Å². The number of halogens is 2. The lowest BCUT2D eigenvalue weighted by atomic mass is 10.2. The quantitative estimate of drug-likeness (QED) is 0.382. The Morgan fingerprint density at radius 2 is 1.87 bits per heavy atom. The molecule has 0 bridgehead atoms. The molecule has 162 valence electrons. The van der Waals surface area contributed by atoms with Crippen LogP contribution < -0.4 is 4.74 Å². The fourth-order valence-electron chi connectivity index (χ4n) is 2.79. The first kappa shape index (κ1) is 23.2. The summed E-state index contributed by atoms with van der Waals surface area (Å²) in [5.74, 6) is -0.520. The summed E-state index contributed by atoms with van der Waals surface area (Å²) < 4.78 is 10.6. The number of carbonyl (C=O) groups excluding carboxylic acids is 3. The maximum absolute atomic E-state index is 12.6. The van der Waals surface area contributed by atoms with Gasteiger partial charge in [-0.25, -0.2) is 4.79 Å². The molecule has 0 unspecified atom stereocenters. The highest BCUT2D eigenvalue weighted by Crippen LogP contribution is 2.34. The molecule has 0 radical (unpaired) electrons. The zero-order valence-corrected chi connectivity index (χ0v) is 19.1. The largest absolute Gasteiger partial charge is 0.489 e. The van der Waals surface area contributed by atoms with Crippen LogP contribution in [0.15, 0.2) is 47.4 Å². The summed E-state index contributed by atoms with van der Waals surface area (Å²) in [5.41, 5.74) is 1.52. The minimum Gasteiger partial charge on any atom is -0.489 e. The van der Waals surface area contributed by atoms with Crippen LogP contribution in [0.4, 0.5) is 4.79 Å². The third-order valence-corrected chi connectivity index (χ3v) is 5.90. The van der Waals surface area contributed by atoms with E-state index >= 15 is 0 Å². The molecule has 2 aromatic carbocycles. The molecule has 0 aliphatic carbocycles. The molecule has 0 saturated carbocycles. The van der Waals surface area contributed by atoms with Crippen LogP contribution in [-0.4, -0.2) is 34.7 Å². The zero-order chi connectivity index (χ0) is 22.5. The van der Waals surface area contributed by atoms with Crippen molar-refractivity contribution in [2.75, 3.05) is 6.61 Å². The number of benzene rings is 2. The number of rotatable bonds is 7. The molecule has 31 heavy (non-hydrogen) atoms. The Balaban J connectivity index is 1.66. The van der Waals surface area contributed by atoms with Crippen LogP contribution in [0.3, 0.4) is 0 Å². The molecule has 1 aliphatic rings. The van der Waals surface area contributed by atoms with Gasteiger partial charge in [0.25, 0.3) is 11.1 Å². The first-order valence-electron chi connectivity index (χ1n) is 9.40. The minimum atomic E-state index is -0.978. The molecule has 1 atom stereocenters. The lowest BCUT2D eigenvalue weighted by Crippen LogP contribution is -2.42. The first-order valence-corrected chi connectivity index (χ1v) is 11.0. The van der Waals surface area contributed by atoms with Gasteiger partial charge in [0.1, 0.15) is 18.4 Å². The number of amides is 2. The second kappa shape index (κ2) is 10.2. The Morgan fingerprint density at radius 3 is 2.52 bits per heavy atom. The number of ether oxygens (including phenoxy) is 2. The molecule has 1 saturated heterocycles. The lowest BCUT2D eigenvalue weighted by molar-refractivity contribution is -0.150. The van der Waals surface area contributed by atoms with E-state index in [1.165, 1.54) is 6.92 Å². The van der Waals surface area contributed by atoms with E-state index in [1.54, 1.807) is 55.5 Å². The third kappa shape index (κ3) is 5.61. The van der Waals surface area contributed by atoms with E-state index in [1.807, 2.05) is 0 Å². The molecule has 3 rings (SSSR count). The summed E-state index contributed by atoms with van der Waals surface area (Å²) >= 11 is 12.8. The lowest BCUT2D eigenvalue weighted by Gasteiger charge is -2.19. The van der Waals surface area contributed by atoms with Crippen LogP contribution in [0.2, 0.25) is 10.0 Å². The van der Waals surface area contributed by atoms with Crippen LogP contribution in [-0.2, 0) is 20.9 Å². The van der Waals surface area contributed by atoms with Gasteiger partial charge < -0.3 is 9.47 Å². The molecular weight excluding hydrogens is 461 g/mol. The van der Waals surface area contributed by atoms with Crippen LogP contribution in [0, 0.1) is 0 Å². The van der Waals surface area contributed by atoms with Crippen molar-refractivity contribution in [3.63, 3.8) is 0 Å². The van der Waals surface area contributed by atoms with Crippen molar-refractivity contribution in [1.29, 1.82) is 0 Å². The molecule has 0 spiro atoms. The van der Waals surface area contributed by atoms with Gasteiger partial charge in [-0.2, -0.15) is 0 Å². The molecule has 1 heterocycles. The van der Waals surface area contributed by atoms with Gasteiger partial charge in [0.05, 0.1) is 11.5 Å². The number of esters is 1. The second-order valence-electron chi connectivity index (χ2n) is 6.57. The monoisotopic (exact) mass is 479 g/mol. The van der Waals surface area contributed by atoms with Crippen molar-refractivity contribution in [2.45, 2.75) is 26.5 Å². The van der Waals surface area contributed by atoms with Gasteiger partial charge in [-0.3, -0.25) is 14.5 Å². The van der Waals surface area contributed by atoms with E-state index in [0.717, 1.165) is 22.2 Å². The van der Waals surface area contributed by atoms with Gasteiger partial charge in [0, 0.05) is 15.6 Å². The van der Waals surface area contributed by atoms with Gasteiger partial charge in [0.15, 0.2) is 0 Å². The van der Waals surface area contributed by atoms with E-state index in [0.29, 0.717) is 21.4 Å². The topological polar surface area (TPSA) is 72.9 Å². The number of thioether (sulfide) groups is 1. The smallest absolute Gasteiger partial charge is 0.329 e. The molecule has 1 aliphatic heterocycles. The Hall–Kier alpha value is -2.48. The van der Waals surface area contributed by atoms with E-state index < -0.39 is 23.2 Å². The average Bonchev–Trinajstić information content (AvgIpc) is 3.01. The fraction of sp³-hybridized carbons (Fsp3) is 0.227. The van der Waals surface area contributed by atoms with Crippen LogP contribution in [0.5, 0.6) is 5.75 Å². The van der Waals surface area contributed by atoms with Crippen molar-refractivity contribution in [3.8, 4) is 5.75 Å². The standard InChI is InChI=1S/C22H19Cl2NO5S/c1-3-29-21(27)13(2)25-20(26)19(31-22(25)28)10-14-4-8-17(9-5-14)30-12-15-6-7-16(23)11-18(15)24/h4-11,13H,3,12H2,1-2H3/b19-10+/t13-/m0/s1. The van der Waals surface area contributed by atoms with Crippen molar-refractivity contribution in [3.05, 3.63) is 68.5 Å². The predicted molar refractivity (Wildman–Crippen MR) is 121 cm³/mol. The molecule has 0 N–H and O–H groups in total. The minimum absolute atomic E-state index is 0.174. The maximum Gasteiger partial charge on any atom is 0.329 e. The van der Waals surface area contributed by atoms with Crippen molar-refractivity contribution in [1.82, 2.24) is 4.90 Å². The van der Waals surface area contributed by atoms with Crippen molar-refractivity contribution < 1.29 is 23.9 Å². The Kier molecular flexibility index (Phi) is 7.64. The Labute approximate surface area is 194 Å². The summed E-state index contributed by atoms with van der Waals surface area (Å²) in [6, 6.07) is 11.2. The molecule has 1 fully saturated rings. The normalized spacial score (nSPS) is 16.0. The number of hydrogen-bond donors (Lipinski definition) is 0. The van der Waals surface area contributed by atoms with Gasteiger partial charge >= 0.3 is 5.97 Å². The predicted octanol–water partition coefficient (Wildman–Crippen LogP) is 5.56. The Bertz CT molecular complexity index is 1040. The second-order valence-corrected chi connectivity index (χ2v) is 8.41. The summed E-state index contributed by atoms with van der Waals surface area (Å²) in [7, 11) is 0. The van der Waals surface area contributed by atoms with Gasteiger partial charge in [-0.05, 0) is 61.5 Å². The van der Waals surface area contributed by atoms with Gasteiger partial charge in [-0.15, -0.1) is 0 Å². The van der Waals surface area contributed by atoms with Crippen molar-refractivity contribution in [2.24, 2.45) is 0 Å². The molecular formula is C22H19Cl2NO5S. The molecule has 0 aromatic heterocycles. The van der Waals surface area contributed by atoms with E-state index in [4.69, 9.17) is 32.7 Å². The number of nitrogens with zero attached hydrogens (tertiary/aromatic N) is 1. The first-order chi connectivity index (χ1) is 14.8. The summed E-state index contributed by atoms with van der Waals surface area (Å²) in [5, 5.41) is 0.577. The van der Waals surface area contributed by atoms with Crippen LogP contribution in [0.25, 0.3) is 6.08 Å². The fourth-order valence-corrected chi connectivity index (χ4v) is 4.16. The highest BCUT2D eigenvalue weighted by atomic mass is 35.5. The van der Waals surface area contributed by atoms with Crippen LogP contribution in [0.1, 0.15) is 25.0 Å². The molecule has 2 amide bonds. The third-order valence-electron chi connectivity index (χ3n) is 4.43. The van der Waals surface area contributed by atoms with Gasteiger partial charge in [-0.1, -0.05) is 41.4 Å². The molecule has 9 heteroatoms. The zero-order valence-electron chi connectivity index (χ0n) is 16.8. The summed E-state index contributed by atoms with van der Waals surface area (Å²) in [4.78, 5) is 37.9. The van der Waals surface area contributed by atoms with Crippen molar-refractivity contribution >= 4 is 58.2 Å². The van der Waals surface area contributed by atoms with E-state index in [-0.39, 0.29) is 18.1 Å². The number of carbonyl (C=O) groups is 3. The molecule has 6 nitrogen and oxygen atoms in total.